The third-order valence-corrected chi connectivity index (χ3v) is 4.97. The third-order valence-electron chi connectivity index (χ3n) is 4.72. The Morgan fingerprint density at radius 2 is 1.96 bits per heavy atom. The zero-order valence-electron chi connectivity index (χ0n) is 14.6. The molecule has 0 spiro atoms. The number of rotatable bonds is 7. The van der Waals surface area contributed by atoms with Gasteiger partial charge in [0.25, 0.3) is 0 Å². The number of likely N-dealkylation sites (tertiary alicyclic amines) is 1. The molecule has 2 aromatic rings. The second kappa shape index (κ2) is 10.1. The van der Waals surface area contributed by atoms with Crippen LogP contribution in [0.1, 0.15) is 25.2 Å². The number of piperidine rings is 1. The lowest BCUT2D eigenvalue weighted by Gasteiger charge is -2.31. The summed E-state index contributed by atoms with van der Waals surface area (Å²) < 4.78 is 5.39. The van der Waals surface area contributed by atoms with Crippen molar-refractivity contribution in [3.05, 3.63) is 35.2 Å². The Balaban J connectivity index is 0.00000225. The lowest BCUT2D eigenvalue weighted by atomic mass is 9.93. The fourth-order valence-corrected chi connectivity index (χ4v) is 3.30. The van der Waals surface area contributed by atoms with Crippen LogP contribution in [0.3, 0.4) is 0 Å². The number of aromatic nitrogens is 2. The predicted molar refractivity (Wildman–Crippen MR) is 103 cm³/mol. The van der Waals surface area contributed by atoms with Crippen LogP contribution in [0.15, 0.2) is 28.8 Å². The monoisotopic (exact) mass is 384 g/mol. The van der Waals surface area contributed by atoms with Gasteiger partial charge in [-0.1, -0.05) is 16.8 Å². The molecule has 0 unspecified atom stereocenters. The number of nitrogens with zero attached hydrogens (tertiary/aromatic N) is 3. The average Bonchev–Trinajstić information content (AvgIpc) is 3.09. The summed E-state index contributed by atoms with van der Waals surface area (Å²) in [4.78, 5) is 7.00. The first kappa shape index (κ1) is 20.2. The largest absolute Gasteiger partial charge is 0.339 e. The molecule has 3 rings (SSSR count). The highest BCUT2D eigenvalue weighted by atomic mass is 35.5. The van der Waals surface area contributed by atoms with Crippen molar-refractivity contribution in [3.63, 3.8) is 0 Å². The first-order valence-corrected chi connectivity index (χ1v) is 9.08. The van der Waals surface area contributed by atoms with Crippen molar-refractivity contribution < 1.29 is 4.52 Å². The van der Waals surface area contributed by atoms with E-state index in [4.69, 9.17) is 16.1 Å². The van der Waals surface area contributed by atoms with Gasteiger partial charge in [0.05, 0.1) is 0 Å². The minimum atomic E-state index is 0. The van der Waals surface area contributed by atoms with Gasteiger partial charge < -0.3 is 14.7 Å². The molecule has 1 aliphatic rings. The molecular weight excluding hydrogens is 359 g/mol. The molecule has 0 bridgehead atoms. The Bertz CT molecular complexity index is 624. The van der Waals surface area contributed by atoms with Crippen LogP contribution in [0, 0.1) is 5.92 Å². The van der Waals surface area contributed by atoms with Gasteiger partial charge in [-0.15, -0.1) is 12.4 Å². The number of benzene rings is 1. The molecule has 1 aromatic heterocycles. The Morgan fingerprint density at radius 1 is 1.24 bits per heavy atom. The molecule has 0 amide bonds. The number of hydrogen-bond donors (Lipinski definition) is 1. The summed E-state index contributed by atoms with van der Waals surface area (Å²) >= 11 is 5.91. The molecule has 1 N–H and O–H groups in total. The van der Waals surface area contributed by atoms with Crippen molar-refractivity contribution in [2.24, 2.45) is 5.92 Å². The Labute approximate surface area is 160 Å². The second-order valence-corrected chi connectivity index (χ2v) is 6.88. The van der Waals surface area contributed by atoms with Crippen molar-refractivity contribution in [2.75, 3.05) is 33.2 Å². The van der Waals surface area contributed by atoms with Crippen molar-refractivity contribution >= 4 is 24.0 Å². The zero-order chi connectivity index (χ0) is 16.8. The number of hydrogen-bond acceptors (Lipinski definition) is 5. The quantitative estimate of drug-likeness (QED) is 0.788. The molecule has 138 valence electrons. The van der Waals surface area contributed by atoms with E-state index in [1.54, 1.807) is 0 Å². The van der Waals surface area contributed by atoms with E-state index in [0.29, 0.717) is 16.7 Å². The van der Waals surface area contributed by atoms with Gasteiger partial charge >= 0.3 is 0 Å². The molecule has 5 nitrogen and oxygen atoms in total. The van der Waals surface area contributed by atoms with Crippen molar-refractivity contribution in [3.8, 4) is 11.4 Å². The zero-order valence-corrected chi connectivity index (χ0v) is 16.2. The predicted octanol–water partition coefficient (Wildman–Crippen LogP) is 3.68. The molecule has 0 atom stereocenters. The van der Waals surface area contributed by atoms with Crippen LogP contribution < -0.4 is 5.32 Å². The van der Waals surface area contributed by atoms with Crippen molar-refractivity contribution in [1.29, 1.82) is 0 Å². The van der Waals surface area contributed by atoms with Crippen LogP contribution >= 0.6 is 24.0 Å². The van der Waals surface area contributed by atoms with Gasteiger partial charge in [0.15, 0.2) is 0 Å². The van der Waals surface area contributed by atoms with Gasteiger partial charge in [0.2, 0.25) is 11.7 Å². The molecule has 7 heteroatoms. The molecule has 0 aliphatic carbocycles. The van der Waals surface area contributed by atoms with Gasteiger partial charge in [-0.25, -0.2) is 0 Å². The van der Waals surface area contributed by atoms with Crippen molar-refractivity contribution in [2.45, 2.75) is 25.7 Å². The summed E-state index contributed by atoms with van der Waals surface area (Å²) in [5, 5.41) is 8.02. The van der Waals surface area contributed by atoms with Crippen LogP contribution in [-0.2, 0) is 6.42 Å². The first-order chi connectivity index (χ1) is 11.7. The fourth-order valence-electron chi connectivity index (χ4n) is 3.17. The highest BCUT2D eigenvalue weighted by Crippen LogP contribution is 2.21. The molecule has 25 heavy (non-hydrogen) atoms. The number of nitrogens with one attached hydrogen (secondary N) is 1. The lowest BCUT2D eigenvalue weighted by Crippen LogP contribution is -2.35. The maximum Gasteiger partial charge on any atom is 0.228 e. The molecule has 2 heterocycles. The van der Waals surface area contributed by atoms with Gasteiger partial charge in [-0.2, -0.15) is 4.98 Å². The van der Waals surface area contributed by atoms with Gasteiger partial charge in [-0.3, -0.25) is 0 Å². The fraction of sp³-hybridized carbons (Fsp3) is 0.556. The van der Waals surface area contributed by atoms with Crippen LogP contribution in [0.4, 0.5) is 0 Å². The minimum Gasteiger partial charge on any atom is -0.339 e. The first-order valence-electron chi connectivity index (χ1n) is 8.70. The normalized spacial score (nSPS) is 15.9. The van der Waals surface area contributed by atoms with E-state index in [2.05, 4.69) is 20.4 Å². The van der Waals surface area contributed by atoms with Crippen LogP contribution in [0.5, 0.6) is 0 Å². The third kappa shape index (κ3) is 5.96. The van der Waals surface area contributed by atoms with E-state index in [1.165, 1.54) is 32.4 Å². The highest BCUT2D eigenvalue weighted by Gasteiger charge is 2.19. The lowest BCUT2D eigenvalue weighted by molar-refractivity contribution is 0.176. The summed E-state index contributed by atoms with van der Waals surface area (Å²) in [7, 11) is 2.03. The SMILES string of the molecule is CNCCC1CCN(CCc2nc(-c3ccc(Cl)cc3)no2)CC1.Cl. The van der Waals surface area contributed by atoms with E-state index in [9.17, 15) is 0 Å². The molecule has 0 saturated carbocycles. The summed E-state index contributed by atoms with van der Waals surface area (Å²) in [6.07, 6.45) is 4.68. The molecular formula is C18H26Cl2N4O. The van der Waals surface area contributed by atoms with Crippen LogP contribution in [-0.4, -0.2) is 48.3 Å². The van der Waals surface area contributed by atoms with E-state index < -0.39 is 0 Å². The molecule has 0 radical (unpaired) electrons. The van der Waals surface area contributed by atoms with Crippen LogP contribution in [0.25, 0.3) is 11.4 Å². The summed E-state index contributed by atoms with van der Waals surface area (Å²) in [5.41, 5.74) is 0.930. The Kier molecular flexibility index (Phi) is 8.16. The molecule has 1 saturated heterocycles. The summed E-state index contributed by atoms with van der Waals surface area (Å²) in [6, 6.07) is 7.50. The van der Waals surface area contributed by atoms with Gasteiger partial charge in [0, 0.05) is 23.6 Å². The molecule has 1 fully saturated rings. The number of halogens is 2. The highest BCUT2D eigenvalue weighted by molar-refractivity contribution is 6.30. The maximum atomic E-state index is 5.91. The molecule has 1 aliphatic heterocycles. The smallest absolute Gasteiger partial charge is 0.228 e. The van der Waals surface area contributed by atoms with Gasteiger partial charge in [0.1, 0.15) is 0 Å². The Morgan fingerprint density at radius 3 is 2.64 bits per heavy atom. The van der Waals surface area contributed by atoms with E-state index in [-0.39, 0.29) is 12.4 Å². The van der Waals surface area contributed by atoms with Gasteiger partial charge in [-0.05, 0) is 76.1 Å². The van der Waals surface area contributed by atoms with Crippen molar-refractivity contribution in [1.82, 2.24) is 20.4 Å². The average molecular weight is 385 g/mol. The standard InChI is InChI=1S/C18H25ClN4O.ClH/c1-20-10-6-14-7-11-23(12-8-14)13-9-17-21-18(22-24-17)15-2-4-16(19)5-3-15;/h2-5,14,20H,6-13H2,1H3;1H. The second-order valence-electron chi connectivity index (χ2n) is 6.45. The van der Waals surface area contributed by atoms with E-state index in [0.717, 1.165) is 31.0 Å². The van der Waals surface area contributed by atoms with Crippen LogP contribution in [0.2, 0.25) is 5.02 Å². The summed E-state index contributed by atoms with van der Waals surface area (Å²) in [6.45, 7) is 4.46. The summed E-state index contributed by atoms with van der Waals surface area (Å²) in [5.74, 6) is 2.21. The maximum absolute atomic E-state index is 5.91. The Hall–Kier alpha value is -1.14. The molecule has 1 aromatic carbocycles. The van der Waals surface area contributed by atoms with E-state index >= 15 is 0 Å². The topological polar surface area (TPSA) is 54.2 Å². The van der Waals surface area contributed by atoms with E-state index in [1.807, 2.05) is 31.3 Å². The minimum absolute atomic E-state index is 0.